The fourth-order valence-corrected chi connectivity index (χ4v) is 8.00. The third-order valence-electron chi connectivity index (χ3n) is 10.8. The van der Waals surface area contributed by atoms with Crippen LogP contribution in [0.25, 0.3) is 39.0 Å². The van der Waals surface area contributed by atoms with Gasteiger partial charge in [-0.15, -0.1) is 0 Å². The van der Waals surface area contributed by atoms with E-state index in [9.17, 15) is 4.79 Å². The van der Waals surface area contributed by atoms with Crippen LogP contribution in [0.4, 0.5) is 0 Å². The van der Waals surface area contributed by atoms with E-state index in [4.69, 9.17) is 46.4 Å². The van der Waals surface area contributed by atoms with Gasteiger partial charge < -0.3 is 46.4 Å². The van der Waals surface area contributed by atoms with Crippen LogP contribution in [0.15, 0.2) is 96.3 Å². The van der Waals surface area contributed by atoms with Crippen molar-refractivity contribution in [2.24, 2.45) is 0 Å². The summed E-state index contributed by atoms with van der Waals surface area (Å²) in [7, 11) is 0. The monoisotopic (exact) mass is 766 g/mol. The summed E-state index contributed by atoms with van der Waals surface area (Å²) >= 11 is 0. The standard InChI is InChI=1S/C45H50O11/c1-27(9-12-37-42(3,4)55-44(7,8)53-37)17-22-50-41-30-15-20-45(52-36(30)26-34-32(41)19-24-48-34)54-38(43(5,6)56-45)13-10-28(2)16-21-49-40-29-11-14-39(46)51-35(29)25-33-31(40)18-23-47-33/h11,14-20,23-26,37-38H,9-10,12-13,21-22H2,1-8H3/b27-17+,28-16+/t37?,38-,45?/m1/s1. The van der Waals surface area contributed by atoms with Gasteiger partial charge >= 0.3 is 11.6 Å². The summed E-state index contributed by atoms with van der Waals surface area (Å²) in [5.74, 6) is -0.141. The normalized spacial score (nSPS) is 24.0. The molecule has 0 bridgehead atoms. The predicted molar refractivity (Wildman–Crippen MR) is 212 cm³/mol. The number of benzene rings is 2. The molecule has 2 aromatic carbocycles. The molecule has 8 rings (SSSR count). The van der Waals surface area contributed by atoms with Gasteiger partial charge in [0.15, 0.2) is 5.79 Å². The SMILES string of the molecule is C/C(=C\COc1c2c(cc3occc13)OC1(C=C2)O[C@H](CC/C(C)=C/COc2c3ccoc3cc3oc(=O)ccc23)C(C)(C)O1)CCC1OC(C)(C)OC1(C)C. The van der Waals surface area contributed by atoms with Crippen LogP contribution >= 0.6 is 0 Å². The summed E-state index contributed by atoms with van der Waals surface area (Å²) in [6.07, 6.45) is 14.1. The van der Waals surface area contributed by atoms with Crippen LogP contribution < -0.4 is 19.8 Å². The van der Waals surface area contributed by atoms with E-state index in [1.54, 1.807) is 24.7 Å². The quantitative estimate of drug-likeness (QED) is 0.0891. The van der Waals surface area contributed by atoms with Gasteiger partial charge in [0.25, 0.3) is 0 Å². The van der Waals surface area contributed by atoms with E-state index in [0.29, 0.717) is 59.0 Å². The molecule has 3 atom stereocenters. The maximum absolute atomic E-state index is 11.8. The van der Waals surface area contributed by atoms with Gasteiger partial charge in [0.1, 0.15) is 47.2 Å². The lowest BCUT2D eigenvalue weighted by molar-refractivity contribution is -0.270. The van der Waals surface area contributed by atoms with Crippen LogP contribution in [-0.4, -0.2) is 48.4 Å². The highest BCUT2D eigenvalue weighted by Gasteiger charge is 2.54. The minimum atomic E-state index is -1.40. The number of hydrogen-bond acceptors (Lipinski definition) is 11. The van der Waals surface area contributed by atoms with Gasteiger partial charge in [-0.05, 0) is 118 Å². The Morgan fingerprint density at radius 1 is 0.714 bits per heavy atom. The Bertz CT molecular complexity index is 2420. The predicted octanol–water partition coefficient (Wildman–Crippen LogP) is 10.4. The summed E-state index contributed by atoms with van der Waals surface area (Å²) in [5, 5.41) is 2.38. The zero-order valence-corrected chi connectivity index (χ0v) is 33.3. The van der Waals surface area contributed by atoms with E-state index in [-0.39, 0.29) is 17.8 Å². The molecule has 56 heavy (non-hydrogen) atoms. The molecule has 11 heteroatoms. The smallest absolute Gasteiger partial charge is 0.350 e. The Hall–Kier alpha value is -4.81. The van der Waals surface area contributed by atoms with Crippen molar-refractivity contribution in [3.05, 3.63) is 94.3 Å². The van der Waals surface area contributed by atoms with Crippen molar-refractivity contribution in [2.75, 3.05) is 13.2 Å². The molecule has 3 aromatic heterocycles. The molecule has 6 heterocycles. The lowest BCUT2D eigenvalue weighted by Crippen LogP contribution is -2.38. The molecular weight excluding hydrogens is 716 g/mol. The molecule has 0 N–H and O–H groups in total. The highest BCUT2D eigenvalue weighted by atomic mass is 16.9. The third-order valence-corrected chi connectivity index (χ3v) is 10.8. The molecule has 3 aliphatic rings. The number of allylic oxidation sites excluding steroid dienone is 2. The molecule has 0 aliphatic carbocycles. The lowest BCUT2D eigenvalue weighted by Gasteiger charge is -2.30. The average molecular weight is 767 g/mol. The van der Waals surface area contributed by atoms with Crippen molar-refractivity contribution >= 4 is 39.0 Å². The van der Waals surface area contributed by atoms with E-state index in [0.717, 1.165) is 41.2 Å². The Morgan fingerprint density at radius 3 is 1.96 bits per heavy atom. The van der Waals surface area contributed by atoms with Crippen molar-refractivity contribution in [2.45, 2.75) is 116 Å². The van der Waals surface area contributed by atoms with Gasteiger partial charge in [-0.2, -0.15) is 0 Å². The van der Waals surface area contributed by atoms with Crippen molar-refractivity contribution in [3.8, 4) is 17.2 Å². The first-order chi connectivity index (χ1) is 26.6. The van der Waals surface area contributed by atoms with Crippen LogP contribution in [0.2, 0.25) is 0 Å². The fraction of sp³-hybridized carbons (Fsp3) is 0.444. The van der Waals surface area contributed by atoms with Crippen LogP contribution in [0.1, 0.15) is 86.6 Å². The maximum Gasteiger partial charge on any atom is 0.350 e. The third kappa shape index (κ3) is 7.53. The maximum atomic E-state index is 11.8. The number of rotatable bonds is 12. The summed E-state index contributed by atoms with van der Waals surface area (Å²) in [5.41, 5.74) is 3.37. The van der Waals surface area contributed by atoms with Crippen LogP contribution in [-0.2, 0) is 18.9 Å². The van der Waals surface area contributed by atoms with Gasteiger partial charge in [0.2, 0.25) is 0 Å². The molecule has 296 valence electrons. The zero-order chi connectivity index (χ0) is 39.5. The van der Waals surface area contributed by atoms with Gasteiger partial charge in [-0.1, -0.05) is 11.1 Å². The summed E-state index contributed by atoms with van der Waals surface area (Å²) in [6.45, 7) is 17.0. The zero-order valence-electron chi connectivity index (χ0n) is 33.3. The highest BCUT2D eigenvalue weighted by molar-refractivity contribution is 6.01. The van der Waals surface area contributed by atoms with E-state index in [1.165, 1.54) is 11.6 Å². The van der Waals surface area contributed by atoms with Crippen molar-refractivity contribution < 1.29 is 46.4 Å². The van der Waals surface area contributed by atoms with Crippen LogP contribution in [0.3, 0.4) is 0 Å². The summed E-state index contributed by atoms with van der Waals surface area (Å²) in [4.78, 5) is 11.8. The second-order valence-corrected chi connectivity index (χ2v) is 16.5. The fourth-order valence-electron chi connectivity index (χ4n) is 8.00. The van der Waals surface area contributed by atoms with Crippen molar-refractivity contribution in [1.29, 1.82) is 0 Å². The lowest BCUT2D eigenvalue weighted by atomic mass is 9.96. The Morgan fingerprint density at radius 2 is 1.30 bits per heavy atom. The molecule has 3 aliphatic heterocycles. The van der Waals surface area contributed by atoms with E-state index >= 15 is 0 Å². The van der Waals surface area contributed by atoms with E-state index in [1.807, 2.05) is 64.1 Å². The highest BCUT2D eigenvalue weighted by Crippen LogP contribution is 2.48. The van der Waals surface area contributed by atoms with E-state index in [2.05, 4.69) is 33.8 Å². The number of fused-ring (bicyclic) bond motifs is 4. The Kier molecular flexibility index (Phi) is 9.72. The largest absolute Gasteiger partial charge is 0.488 e. The first-order valence-electron chi connectivity index (χ1n) is 19.3. The molecule has 0 saturated carbocycles. The summed E-state index contributed by atoms with van der Waals surface area (Å²) in [6, 6.07) is 10.4. The van der Waals surface area contributed by atoms with Gasteiger partial charge in [-0.3, -0.25) is 0 Å². The molecule has 5 aromatic rings. The molecule has 1 spiro atoms. The summed E-state index contributed by atoms with van der Waals surface area (Å²) < 4.78 is 61.4. The molecule has 0 radical (unpaired) electrons. The second kappa shape index (κ2) is 14.3. The minimum absolute atomic E-state index is 0.0116. The first kappa shape index (κ1) is 38.1. The minimum Gasteiger partial charge on any atom is -0.488 e. The topological polar surface area (TPSA) is 121 Å². The number of ether oxygens (including phenoxy) is 7. The van der Waals surface area contributed by atoms with Crippen molar-refractivity contribution in [1.82, 2.24) is 0 Å². The molecule has 2 unspecified atom stereocenters. The van der Waals surface area contributed by atoms with Gasteiger partial charge in [0.05, 0.1) is 57.7 Å². The Labute approximate surface area is 325 Å². The molecule has 2 saturated heterocycles. The van der Waals surface area contributed by atoms with E-state index < -0.39 is 23.0 Å². The second-order valence-electron chi connectivity index (χ2n) is 16.5. The van der Waals surface area contributed by atoms with Gasteiger partial charge in [-0.25, -0.2) is 4.79 Å². The molecular formula is C45H50O11. The average Bonchev–Trinajstić information content (AvgIpc) is 3.88. The Balaban J connectivity index is 0.906. The van der Waals surface area contributed by atoms with Gasteiger partial charge in [0, 0.05) is 24.3 Å². The van der Waals surface area contributed by atoms with Crippen molar-refractivity contribution in [3.63, 3.8) is 0 Å². The molecule has 2 fully saturated rings. The number of furan rings is 2. The van der Waals surface area contributed by atoms with Crippen LogP contribution in [0, 0.1) is 0 Å². The first-order valence-corrected chi connectivity index (χ1v) is 19.3. The molecule has 0 amide bonds. The van der Waals surface area contributed by atoms with Crippen LogP contribution in [0.5, 0.6) is 17.2 Å². The number of hydrogen-bond donors (Lipinski definition) is 0. The molecule has 11 nitrogen and oxygen atoms in total.